The van der Waals surface area contributed by atoms with E-state index >= 15 is 0 Å². The number of esters is 2. The number of hydrogen-bond acceptors (Lipinski definition) is 8. The van der Waals surface area contributed by atoms with E-state index < -0.39 is 22.2 Å². The second kappa shape index (κ2) is 9.50. The second-order valence-corrected chi connectivity index (χ2v) is 5.32. The Hall–Kier alpha value is -1.78. The van der Waals surface area contributed by atoms with Gasteiger partial charge in [-0.3, -0.25) is 0 Å². The minimum Gasteiger partial charge on any atom is -0.462 e. The Balaban J connectivity index is 0.000000922. The van der Waals surface area contributed by atoms with Crippen LogP contribution in [0.15, 0.2) is 0 Å². The molecule has 0 aromatic carbocycles. The molecule has 0 amide bonds. The molecule has 1 N–H and O–H groups in total. The van der Waals surface area contributed by atoms with Crippen molar-refractivity contribution in [1.82, 2.24) is 0 Å². The molecule has 0 saturated carbocycles. The number of hydrogen-bond donors (Lipinski definition) is 0. The van der Waals surface area contributed by atoms with Crippen molar-refractivity contribution in [3.63, 3.8) is 0 Å². The van der Waals surface area contributed by atoms with Crippen molar-refractivity contribution in [2.45, 2.75) is 34.6 Å². The summed E-state index contributed by atoms with van der Waals surface area (Å²) in [7, 11) is -4.94. The van der Waals surface area contributed by atoms with Gasteiger partial charge < -0.3 is 9.47 Å². The molecule has 0 aliphatic heterocycles. The molecule has 1 aromatic rings. The molecule has 1 rings (SSSR count). The molecule has 0 unspecified atom stereocenters. The maximum Gasteiger partial charge on any atom is 0.344 e. The minimum atomic E-state index is -4.94. The molecule has 0 spiro atoms. The predicted molar refractivity (Wildman–Crippen MR) is 69.1 cm³/mol. The van der Waals surface area contributed by atoms with Crippen molar-refractivity contribution in [3.8, 4) is 0 Å². The van der Waals surface area contributed by atoms with Crippen LogP contribution in [0.3, 0.4) is 0 Å². The summed E-state index contributed by atoms with van der Waals surface area (Å²) in [4.78, 5) is 26.9. The quantitative estimate of drug-likeness (QED) is 0.511. The number of pyridine rings is 1. The summed E-state index contributed by atoms with van der Waals surface area (Å²) in [5.74, 6) is -0.862. The summed E-state index contributed by atoms with van der Waals surface area (Å²) < 4.78 is 44.0. The third-order valence-corrected chi connectivity index (χ3v) is 2.83. The molecule has 10 heteroatoms. The molecule has 0 atom stereocenters. The van der Waals surface area contributed by atoms with E-state index in [0.717, 1.165) is 0 Å². The highest BCUT2D eigenvalue weighted by atomic mass is 35.7. The van der Waals surface area contributed by atoms with Crippen LogP contribution in [0.2, 0.25) is 0 Å². The lowest BCUT2D eigenvalue weighted by Gasteiger charge is -2.17. The van der Waals surface area contributed by atoms with Crippen molar-refractivity contribution < 1.29 is 52.9 Å². The summed E-state index contributed by atoms with van der Waals surface area (Å²) >= 11 is 0. The Labute approximate surface area is 141 Å². The maximum atomic E-state index is 11.9. The number of aromatic nitrogens is 1. The maximum absolute atomic E-state index is 11.9. The molecule has 1 heterocycles. The van der Waals surface area contributed by atoms with E-state index in [1.807, 2.05) is 0 Å². The Morgan fingerprint density at radius 1 is 0.875 bits per heavy atom. The normalized spacial score (nSPS) is 10.5. The summed E-state index contributed by atoms with van der Waals surface area (Å²) in [6, 6.07) is 0. The van der Waals surface area contributed by atoms with Gasteiger partial charge in [-0.1, -0.05) is 0 Å². The van der Waals surface area contributed by atoms with Gasteiger partial charge >= 0.3 is 11.9 Å². The van der Waals surface area contributed by atoms with Gasteiger partial charge in [-0.15, -0.1) is 10.2 Å². The summed E-state index contributed by atoms with van der Waals surface area (Å²) in [5.41, 5.74) is 2.75. The van der Waals surface area contributed by atoms with Crippen LogP contribution in [0, 0.1) is 31.0 Å². The van der Waals surface area contributed by atoms with Crippen LogP contribution < -0.4 is 23.6 Å². The number of H-pyrrole nitrogens is 1. The van der Waals surface area contributed by atoms with Crippen molar-refractivity contribution in [2.24, 2.45) is 0 Å². The Kier molecular flexibility index (Phi) is 8.80. The van der Waals surface area contributed by atoms with E-state index in [2.05, 4.69) is 4.98 Å². The van der Waals surface area contributed by atoms with E-state index in [4.69, 9.17) is 28.1 Å². The molecular weight excluding hydrogens is 346 g/mol. The average Bonchev–Trinajstić information content (AvgIpc) is 2.36. The zero-order valence-electron chi connectivity index (χ0n) is 14.1. The highest BCUT2D eigenvalue weighted by Crippen LogP contribution is 2.19. The van der Waals surface area contributed by atoms with Crippen molar-refractivity contribution in [2.75, 3.05) is 13.2 Å². The van der Waals surface area contributed by atoms with E-state index in [-0.39, 0.29) is 0 Å². The molecule has 0 aliphatic carbocycles. The molecule has 0 bridgehead atoms. The Morgan fingerprint density at radius 2 is 1.17 bits per heavy atom. The SMILES string of the molecule is CCOC(=O)c1c(C)[nH+]c(C)c(C(=O)OCC)c1C.[O-][Cl+3]([O-])([O-])[O-]. The van der Waals surface area contributed by atoms with Gasteiger partial charge in [-0.25, -0.2) is 33.2 Å². The zero-order chi connectivity index (χ0) is 19.1. The summed E-state index contributed by atoms with van der Waals surface area (Å²) in [5, 5.41) is 0. The third kappa shape index (κ3) is 7.20. The molecule has 0 fully saturated rings. The molecule has 0 aliphatic rings. The molecule has 0 radical (unpaired) electrons. The topological polar surface area (TPSA) is 159 Å². The molecule has 136 valence electrons. The highest BCUT2D eigenvalue weighted by Gasteiger charge is 2.27. The minimum absolute atomic E-state index is 0.292. The number of aryl methyl sites for hydroxylation is 2. The second-order valence-electron chi connectivity index (χ2n) is 4.57. The van der Waals surface area contributed by atoms with Crippen LogP contribution in [0.5, 0.6) is 0 Å². The van der Waals surface area contributed by atoms with Crippen LogP contribution in [0.1, 0.15) is 51.5 Å². The number of nitrogens with one attached hydrogen (secondary N) is 1. The fourth-order valence-corrected chi connectivity index (χ4v) is 2.11. The fourth-order valence-electron chi connectivity index (χ4n) is 2.11. The largest absolute Gasteiger partial charge is 0.462 e. The first-order chi connectivity index (χ1) is 10.9. The first-order valence-corrected chi connectivity index (χ1v) is 8.16. The average molecular weight is 366 g/mol. The van der Waals surface area contributed by atoms with E-state index in [9.17, 15) is 9.59 Å². The van der Waals surface area contributed by atoms with Gasteiger partial charge in [-0.2, -0.15) is 0 Å². The molecule has 24 heavy (non-hydrogen) atoms. The fraction of sp³-hybridized carbons (Fsp3) is 0.500. The lowest BCUT2D eigenvalue weighted by atomic mass is 10.00. The molecule has 9 nitrogen and oxygen atoms in total. The Bertz CT molecular complexity index is 549. The highest BCUT2D eigenvalue weighted by molar-refractivity contribution is 5.98. The first-order valence-electron chi connectivity index (χ1n) is 6.93. The number of rotatable bonds is 4. The van der Waals surface area contributed by atoms with Crippen LogP contribution in [0.25, 0.3) is 0 Å². The Morgan fingerprint density at radius 3 is 1.42 bits per heavy atom. The number of ether oxygens (including phenoxy) is 2. The van der Waals surface area contributed by atoms with Crippen molar-refractivity contribution in [1.29, 1.82) is 0 Å². The van der Waals surface area contributed by atoms with Crippen molar-refractivity contribution >= 4 is 11.9 Å². The molecule has 0 saturated heterocycles. The number of carbonyl (C=O) groups excluding carboxylic acids is 2. The van der Waals surface area contributed by atoms with Gasteiger partial charge in [0, 0.05) is 13.8 Å². The molecular formula is C14H20ClNO8. The lowest BCUT2D eigenvalue weighted by molar-refractivity contribution is -2.00. The lowest BCUT2D eigenvalue weighted by Crippen LogP contribution is -2.68. The third-order valence-electron chi connectivity index (χ3n) is 2.83. The van der Waals surface area contributed by atoms with E-state index in [1.165, 1.54) is 0 Å². The van der Waals surface area contributed by atoms with E-state index in [0.29, 0.717) is 41.3 Å². The van der Waals surface area contributed by atoms with Gasteiger partial charge in [0.15, 0.2) is 11.4 Å². The predicted octanol–water partition coefficient (Wildman–Crippen LogP) is -2.98. The number of halogens is 1. The van der Waals surface area contributed by atoms with Gasteiger partial charge in [0.05, 0.1) is 13.2 Å². The van der Waals surface area contributed by atoms with Crippen LogP contribution in [-0.4, -0.2) is 25.2 Å². The zero-order valence-corrected chi connectivity index (χ0v) is 14.8. The van der Waals surface area contributed by atoms with Gasteiger partial charge in [0.2, 0.25) is 0 Å². The van der Waals surface area contributed by atoms with Gasteiger partial charge in [0.25, 0.3) is 0 Å². The van der Waals surface area contributed by atoms with Crippen LogP contribution in [-0.2, 0) is 9.47 Å². The summed E-state index contributed by atoms with van der Waals surface area (Å²) in [6.07, 6.45) is 0. The van der Waals surface area contributed by atoms with Crippen LogP contribution >= 0.6 is 0 Å². The standard InChI is InChI=1S/C14H19NO4.ClHO4/c1-6-18-13(16)11-8(3)12(14(17)19-7-2)10(5)15-9(11)4;2-1(3,4)5/h6-7H2,1-5H3;(H,2,3,4,5). The monoisotopic (exact) mass is 365 g/mol. The number of aromatic amines is 1. The van der Waals surface area contributed by atoms with Gasteiger partial charge in [-0.05, 0) is 26.3 Å². The van der Waals surface area contributed by atoms with Crippen molar-refractivity contribution in [3.05, 3.63) is 28.1 Å². The smallest absolute Gasteiger partial charge is 0.344 e. The van der Waals surface area contributed by atoms with Crippen LogP contribution in [0.4, 0.5) is 0 Å². The summed E-state index contributed by atoms with van der Waals surface area (Å²) in [6.45, 7) is 9.36. The van der Waals surface area contributed by atoms with Gasteiger partial charge in [0.1, 0.15) is 11.1 Å². The first kappa shape index (κ1) is 22.2. The molecule has 1 aromatic heterocycles. The number of carbonyl (C=O) groups is 2. The van der Waals surface area contributed by atoms with E-state index in [1.54, 1.807) is 34.6 Å².